The Balaban J connectivity index is 2.21. The highest BCUT2D eigenvalue weighted by atomic mass is 16.5. The number of carbonyl (C=O) groups excluding carboxylic acids is 1. The smallest absolute Gasteiger partial charge is 0.305 e. The van der Waals surface area contributed by atoms with Crippen LogP contribution >= 0.6 is 0 Å². The van der Waals surface area contributed by atoms with E-state index in [-0.39, 0.29) is 12.0 Å². The number of allylic oxidation sites excluding steroid dienone is 1. The van der Waals surface area contributed by atoms with Crippen molar-refractivity contribution in [2.24, 2.45) is 4.99 Å². The Morgan fingerprint density at radius 3 is 2.53 bits per heavy atom. The first kappa shape index (κ1) is 24.1. The maximum absolute atomic E-state index is 12.9. The number of hydrogen-bond acceptors (Lipinski definition) is 6. The average molecular weight is 423 g/mol. The van der Waals surface area contributed by atoms with Gasteiger partial charge in [-0.25, -0.2) is 0 Å². The van der Waals surface area contributed by atoms with E-state index in [1.165, 1.54) is 0 Å². The van der Waals surface area contributed by atoms with Gasteiger partial charge < -0.3 is 25.0 Å². The number of amides is 1. The van der Waals surface area contributed by atoms with E-state index in [0.717, 1.165) is 56.1 Å². The SMILES string of the molecule is COCCN=C1CCCCCCC1=CC(=CO)C(=O)NC1(CC(=O)O)CCOCC1. The first-order valence-electron chi connectivity index (χ1n) is 10.7. The predicted octanol–water partition coefficient (Wildman–Crippen LogP) is 2.94. The maximum Gasteiger partial charge on any atom is 0.305 e. The van der Waals surface area contributed by atoms with E-state index in [4.69, 9.17) is 9.47 Å². The topological polar surface area (TPSA) is 117 Å². The van der Waals surface area contributed by atoms with Crippen molar-refractivity contribution >= 4 is 17.6 Å². The summed E-state index contributed by atoms with van der Waals surface area (Å²) in [5.74, 6) is -1.45. The lowest BCUT2D eigenvalue weighted by atomic mass is 9.86. The first-order valence-corrected chi connectivity index (χ1v) is 10.7. The zero-order chi connectivity index (χ0) is 21.8. The average Bonchev–Trinajstić information content (AvgIpc) is 2.69. The molecule has 3 N–H and O–H groups in total. The number of aliphatic hydroxyl groups is 1. The number of hydrogen-bond donors (Lipinski definition) is 3. The molecule has 2 rings (SSSR count). The molecule has 0 aromatic carbocycles. The maximum atomic E-state index is 12.9. The van der Waals surface area contributed by atoms with Gasteiger partial charge in [0.1, 0.15) is 0 Å². The van der Waals surface area contributed by atoms with E-state index < -0.39 is 17.4 Å². The standard InChI is InChI=1S/C22H34N2O6/c1-29-13-10-23-19-7-5-3-2-4-6-17(19)14-18(16-25)21(28)24-22(15-20(26)27)8-11-30-12-9-22/h14,16,25H,2-13,15H2,1H3,(H,24,28)(H,26,27). The lowest BCUT2D eigenvalue weighted by molar-refractivity contribution is -0.140. The normalized spacial score (nSPS) is 23.0. The number of methoxy groups -OCH3 is 1. The summed E-state index contributed by atoms with van der Waals surface area (Å²) in [5.41, 5.74) is 1.14. The third-order valence-corrected chi connectivity index (χ3v) is 5.63. The molecule has 168 valence electrons. The minimum Gasteiger partial charge on any atom is -0.515 e. The Bertz CT molecular complexity index is 677. The molecule has 0 unspecified atom stereocenters. The second-order valence-electron chi connectivity index (χ2n) is 7.91. The number of carbonyl (C=O) groups is 2. The number of rotatable bonds is 8. The van der Waals surface area contributed by atoms with Crippen molar-refractivity contribution in [3.05, 3.63) is 23.5 Å². The molecular weight excluding hydrogens is 388 g/mol. The summed E-state index contributed by atoms with van der Waals surface area (Å²) in [5, 5.41) is 21.9. The summed E-state index contributed by atoms with van der Waals surface area (Å²) in [6.07, 6.45) is 9.07. The molecule has 2 fully saturated rings. The molecule has 0 radical (unpaired) electrons. The van der Waals surface area contributed by atoms with Gasteiger partial charge in [0.2, 0.25) is 0 Å². The van der Waals surface area contributed by atoms with Crippen molar-refractivity contribution in [2.45, 2.75) is 63.3 Å². The first-order chi connectivity index (χ1) is 14.5. The van der Waals surface area contributed by atoms with Crippen molar-refractivity contribution in [2.75, 3.05) is 33.5 Å². The molecule has 2 aliphatic rings. The summed E-state index contributed by atoms with van der Waals surface area (Å²) in [4.78, 5) is 29.0. The van der Waals surface area contributed by atoms with Crippen molar-refractivity contribution < 1.29 is 29.3 Å². The zero-order valence-corrected chi connectivity index (χ0v) is 17.8. The molecule has 0 aromatic rings. The van der Waals surface area contributed by atoms with Gasteiger partial charge in [-0.1, -0.05) is 12.8 Å². The predicted molar refractivity (Wildman–Crippen MR) is 114 cm³/mol. The van der Waals surface area contributed by atoms with Gasteiger partial charge in [0.25, 0.3) is 5.91 Å². The number of carboxylic acid groups (broad SMARTS) is 1. The zero-order valence-electron chi connectivity index (χ0n) is 17.8. The van der Waals surface area contributed by atoms with E-state index in [2.05, 4.69) is 10.3 Å². The van der Waals surface area contributed by atoms with Crippen LogP contribution < -0.4 is 5.32 Å². The molecule has 8 nitrogen and oxygen atoms in total. The Hall–Kier alpha value is -2.19. The van der Waals surface area contributed by atoms with E-state index in [0.29, 0.717) is 39.2 Å². The van der Waals surface area contributed by atoms with Gasteiger partial charge in [-0.3, -0.25) is 14.6 Å². The Morgan fingerprint density at radius 2 is 1.90 bits per heavy atom. The van der Waals surface area contributed by atoms with Crippen LogP contribution in [0.2, 0.25) is 0 Å². The molecule has 1 aliphatic heterocycles. The van der Waals surface area contributed by atoms with E-state index in [1.807, 2.05) is 0 Å². The summed E-state index contributed by atoms with van der Waals surface area (Å²) in [7, 11) is 1.63. The van der Waals surface area contributed by atoms with Crippen molar-refractivity contribution in [1.29, 1.82) is 0 Å². The molecule has 1 saturated carbocycles. The molecule has 1 heterocycles. The summed E-state index contributed by atoms with van der Waals surface area (Å²) < 4.78 is 10.4. The van der Waals surface area contributed by atoms with Crippen LogP contribution in [0, 0.1) is 0 Å². The van der Waals surface area contributed by atoms with Crippen molar-refractivity contribution in [3.63, 3.8) is 0 Å². The van der Waals surface area contributed by atoms with Gasteiger partial charge in [0.15, 0.2) is 0 Å². The van der Waals surface area contributed by atoms with Gasteiger partial charge in [0.05, 0.1) is 36.9 Å². The van der Waals surface area contributed by atoms with Gasteiger partial charge >= 0.3 is 5.97 Å². The number of aliphatic hydroxyl groups excluding tert-OH is 1. The Morgan fingerprint density at radius 1 is 1.20 bits per heavy atom. The van der Waals surface area contributed by atoms with Crippen LogP contribution in [-0.4, -0.2) is 66.8 Å². The molecular formula is C22H34N2O6. The minimum atomic E-state index is -0.974. The highest BCUT2D eigenvalue weighted by Gasteiger charge is 2.37. The van der Waals surface area contributed by atoms with Gasteiger partial charge in [0, 0.05) is 26.0 Å². The minimum absolute atomic E-state index is 0.112. The molecule has 0 bridgehead atoms. The quantitative estimate of drug-likeness (QED) is 0.314. The lowest BCUT2D eigenvalue weighted by Gasteiger charge is -2.36. The largest absolute Gasteiger partial charge is 0.515 e. The third-order valence-electron chi connectivity index (χ3n) is 5.63. The Kier molecular flexibility index (Phi) is 10.0. The second-order valence-corrected chi connectivity index (χ2v) is 7.91. The molecule has 0 spiro atoms. The number of ether oxygens (including phenoxy) is 2. The fourth-order valence-corrected chi connectivity index (χ4v) is 3.93. The second kappa shape index (κ2) is 12.5. The summed E-state index contributed by atoms with van der Waals surface area (Å²) in [6.45, 7) is 1.86. The van der Waals surface area contributed by atoms with Gasteiger partial charge in [-0.15, -0.1) is 0 Å². The number of nitrogens with zero attached hydrogens (tertiary/aromatic N) is 1. The van der Waals surface area contributed by atoms with E-state index >= 15 is 0 Å². The van der Waals surface area contributed by atoms with Crippen LogP contribution in [0.25, 0.3) is 0 Å². The summed E-state index contributed by atoms with van der Waals surface area (Å²) >= 11 is 0. The monoisotopic (exact) mass is 422 g/mol. The van der Waals surface area contributed by atoms with Crippen LogP contribution in [0.15, 0.2) is 28.5 Å². The lowest BCUT2D eigenvalue weighted by Crippen LogP contribution is -2.53. The molecule has 1 aliphatic carbocycles. The number of carboxylic acids is 1. The van der Waals surface area contributed by atoms with E-state index in [9.17, 15) is 19.8 Å². The third kappa shape index (κ3) is 7.57. The highest BCUT2D eigenvalue weighted by Crippen LogP contribution is 2.26. The van der Waals surface area contributed by atoms with Gasteiger partial charge in [-0.05, 0) is 50.2 Å². The molecule has 1 amide bonds. The summed E-state index contributed by atoms with van der Waals surface area (Å²) in [6, 6.07) is 0. The number of nitrogens with one attached hydrogen (secondary N) is 1. The van der Waals surface area contributed by atoms with Crippen LogP contribution in [-0.2, 0) is 19.1 Å². The van der Waals surface area contributed by atoms with Crippen LogP contribution in [0.3, 0.4) is 0 Å². The van der Waals surface area contributed by atoms with Crippen LogP contribution in [0.1, 0.15) is 57.8 Å². The van der Waals surface area contributed by atoms with E-state index in [1.54, 1.807) is 13.2 Å². The van der Waals surface area contributed by atoms with Crippen LogP contribution in [0.4, 0.5) is 0 Å². The number of aliphatic imine (C=N–C) groups is 1. The number of aliphatic carboxylic acids is 1. The van der Waals surface area contributed by atoms with Crippen molar-refractivity contribution in [3.8, 4) is 0 Å². The van der Waals surface area contributed by atoms with Gasteiger partial charge in [-0.2, -0.15) is 0 Å². The molecule has 1 saturated heterocycles. The van der Waals surface area contributed by atoms with Crippen LogP contribution in [0.5, 0.6) is 0 Å². The fourth-order valence-electron chi connectivity index (χ4n) is 3.93. The fraction of sp³-hybridized carbons (Fsp3) is 0.682. The molecule has 0 aromatic heterocycles. The highest BCUT2D eigenvalue weighted by molar-refractivity contribution is 6.04. The Labute approximate surface area is 178 Å². The van der Waals surface area contributed by atoms with Crippen molar-refractivity contribution in [1.82, 2.24) is 5.32 Å². The molecule has 0 atom stereocenters. The molecule has 30 heavy (non-hydrogen) atoms. The molecule has 8 heteroatoms.